The number of amides is 2. The minimum Gasteiger partial charge on any atom is -0.478 e. The van der Waals surface area contributed by atoms with Gasteiger partial charge in [0, 0.05) is 24.8 Å². The van der Waals surface area contributed by atoms with E-state index in [9.17, 15) is 32.5 Å². The number of carboxylic acid groups (broad SMARTS) is 1. The molecule has 1 fully saturated rings. The van der Waals surface area contributed by atoms with Gasteiger partial charge >= 0.3 is 16.3 Å². The zero-order valence-electron chi connectivity index (χ0n) is 19.4. The number of thiazole rings is 1. The van der Waals surface area contributed by atoms with Crippen LogP contribution in [0.25, 0.3) is 0 Å². The summed E-state index contributed by atoms with van der Waals surface area (Å²) in [7, 11) is -4.95. The minimum atomic E-state index is -4.95. The third kappa shape index (κ3) is 5.55. The van der Waals surface area contributed by atoms with E-state index in [1.165, 1.54) is 19.2 Å². The van der Waals surface area contributed by atoms with Crippen molar-refractivity contribution in [2.24, 2.45) is 16.0 Å². The summed E-state index contributed by atoms with van der Waals surface area (Å²) in [6.07, 6.45) is 0.0713. The average molecular weight is 548 g/mol. The Morgan fingerprint density at radius 3 is 2.64 bits per heavy atom. The van der Waals surface area contributed by atoms with E-state index in [-0.39, 0.29) is 34.5 Å². The summed E-state index contributed by atoms with van der Waals surface area (Å²) < 4.78 is 33.3. The van der Waals surface area contributed by atoms with Crippen molar-refractivity contribution < 1.29 is 42.1 Å². The van der Waals surface area contributed by atoms with Crippen molar-refractivity contribution in [3.63, 3.8) is 0 Å². The fourth-order valence-corrected chi connectivity index (χ4v) is 4.73. The Labute approximate surface area is 209 Å². The predicted molar refractivity (Wildman–Crippen MR) is 125 cm³/mol. The maximum atomic E-state index is 13.1. The van der Waals surface area contributed by atoms with Crippen LogP contribution in [0.15, 0.2) is 15.7 Å². The van der Waals surface area contributed by atoms with Crippen molar-refractivity contribution in [3.8, 4) is 0 Å². The molecular formula is C18H25N7O9S2. The van der Waals surface area contributed by atoms with Crippen molar-refractivity contribution >= 4 is 56.0 Å². The molecule has 2 aliphatic rings. The molecule has 1 saturated heterocycles. The number of anilines is 1. The number of nitrogen functional groups attached to an aromatic ring is 1. The van der Waals surface area contributed by atoms with Crippen molar-refractivity contribution in [1.29, 1.82) is 0 Å². The molecule has 7 N–H and O–H groups in total. The van der Waals surface area contributed by atoms with Crippen molar-refractivity contribution in [2.45, 2.75) is 56.9 Å². The fraction of sp³-hybridized carbons (Fsp3) is 0.556. The van der Waals surface area contributed by atoms with E-state index in [2.05, 4.69) is 20.6 Å². The van der Waals surface area contributed by atoms with Gasteiger partial charge in [0.15, 0.2) is 16.4 Å². The van der Waals surface area contributed by atoms with Gasteiger partial charge in [-0.15, -0.1) is 11.3 Å². The van der Waals surface area contributed by atoms with Crippen LogP contribution in [0, 0.1) is 0 Å². The molecule has 3 rings (SSSR count). The molecule has 16 nitrogen and oxygen atoms in total. The van der Waals surface area contributed by atoms with E-state index in [1.54, 1.807) is 6.92 Å². The Morgan fingerprint density at radius 2 is 2.14 bits per heavy atom. The van der Waals surface area contributed by atoms with Crippen LogP contribution in [0.1, 0.15) is 39.3 Å². The first-order valence-electron chi connectivity index (χ1n) is 10.3. The van der Waals surface area contributed by atoms with E-state index in [1.807, 2.05) is 0 Å². The SMILES string of the molecule is CC1(CN)CC(C[C@@H]2[C@H](NC(=O)/C(=N\OC(C)(C)C(=O)O)c3csc(N)n3)C(=O)N2S(=O)(=O)O)=NO1. The van der Waals surface area contributed by atoms with Crippen LogP contribution < -0.4 is 16.8 Å². The van der Waals surface area contributed by atoms with E-state index >= 15 is 0 Å². The van der Waals surface area contributed by atoms with Gasteiger partial charge in [0.25, 0.3) is 11.8 Å². The van der Waals surface area contributed by atoms with Crippen LogP contribution in [0.2, 0.25) is 0 Å². The molecule has 0 spiro atoms. The second-order valence-electron chi connectivity index (χ2n) is 8.83. The molecule has 0 saturated carbocycles. The van der Waals surface area contributed by atoms with E-state index in [0.29, 0.717) is 5.71 Å². The van der Waals surface area contributed by atoms with Gasteiger partial charge in [0.2, 0.25) is 5.60 Å². The Hall–Kier alpha value is -3.35. The number of carboxylic acids is 1. The number of oxime groups is 2. The third-order valence-corrected chi connectivity index (χ3v) is 7.04. The zero-order valence-corrected chi connectivity index (χ0v) is 21.0. The van der Waals surface area contributed by atoms with E-state index < -0.39 is 57.1 Å². The number of aromatic nitrogens is 1. The van der Waals surface area contributed by atoms with Gasteiger partial charge in [-0.1, -0.05) is 10.3 Å². The van der Waals surface area contributed by atoms with Crippen LogP contribution >= 0.6 is 11.3 Å². The zero-order chi connectivity index (χ0) is 27.1. The number of nitrogens with zero attached hydrogens (tertiary/aromatic N) is 4. The minimum absolute atomic E-state index is 0.0698. The highest BCUT2D eigenvalue weighted by Gasteiger charge is 2.55. The highest BCUT2D eigenvalue weighted by Crippen LogP contribution is 2.31. The topological polar surface area (TPSA) is 249 Å². The maximum Gasteiger partial charge on any atom is 0.362 e. The van der Waals surface area contributed by atoms with Gasteiger partial charge in [-0.05, 0) is 20.8 Å². The molecule has 0 bridgehead atoms. The van der Waals surface area contributed by atoms with Gasteiger partial charge in [-0.3, -0.25) is 14.1 Å². The Bertz CT molecular complexity index is 1240. The number of nitrogens with one attached hydrogen (secondary N) is 1. The summed E-state index contributed by atoms with van der Waals surface area (Å²) in [6.45, 7) is 4.20. The second kappa shape index (κ2) is 9.60. The Morgan fingerprint density at radius 1 is 1.47 bits per heavy atom. The number of carbonyl (C=O) groups excluding carboxylic acids is 2. The van der Waals surface area contributed by atoms with Gasteiger partial charge in [0.1, 0.15) is 11.7 Å². The largest absolute Gasteiger partial charge is 0.478 e. The highest BCUT2D eigenvalue weighted by atomic mass is 32.2. The molecule has 2 amide bonds. The summed E-state index contributed by atoms with van der Waals surface area (Å²) >= 11 is 0.963. The number of hydrogen-bond donors (Lipinski definition) is 5. The summed E-state index contributed by atoms with van der Waals surface area (Å²) in [4.78, 5) is 51.2. The monoisotopic (exact) mass is 547 g/mol. The number of rotatable bonds is 10. The molecule has 1 aromatic rings. The average Bonchev–Trinajstić information content (AvgIpc) is 3.36. The van der Waals surface area contributed by atoms with Gasteiger partial charge in [0.05, 0.1) is 11.8 Å². The van der Waals surface area contributed by atoms with E-state index in [0.717, 1.165) is 11.3 Å². The molecular weight excluding hydrogens is 522 g/mol. The van der Waals surface area contributed by atoms with Crippen LogP contribution in [0.3, 0.4) is 0 Å². The molecule has 3 atom stereocenters. The lowest BCUT2D eigenvalue weighted by Crippen LogP contribution is -2.72. The lowest BCUT2D eigenvalue weighted by Gasteiger charge is -2.44. The van der Waals surface area contributed by atoms with Crippen molar-refractivity contribution in [2.75, 3.05) is 12.3 Å². The first-order chi connectivity index (χ1) is 16.6. The van der Waals surface area contributed by atoms with Gasteiger partial charge < -0.3 is 31.6 Å². The number of carbonyl (C=O) groups is 3. The number of hydrogen-bond acceptors (Lipinski definition) is 13. The molecule has 0 radical (unpaired) electrons. The first kappa shape index (κ1) is 27.2. The standard InChI is InChI=1S/C18H25N7O9S2/c1-17(2,15(28)29)33-24-11(9-6-35-16(20)21-9)13(26)22-12-10(25(14(12)27)36(30,31)32)4-8-5-18(3,7-19)34-23-8/h6,10,12H,4-5,7,19H2,1-3H3,(H2,20,21)(H,22,26)(H,28,29)(H,30,31,32)/b24-11-/t10-,12+,18?/m1/s1. The smallest absolute Gasteiger partial charge is 0.362 e. The van der Waals surface area contributed by atoms with E-state index in [4.69, 9.17) is 21.1 Å². The summed E-state index contributed by atoms with van der Waals surface area (Å²) in [5.74, 6) is -3.51. The molecule has 0 aromatic carbocycles. The molecule has 0 aliphatic carbocycles. The summed E-state index contributed by atoms with van der Waals surface area (Å²) in [5.41, 5.74) is 8.42. The molecule has 1 unspecified atom stereocenters. The Kier molecular flexibility index (Phi) is 7.26. The predicted octanol–water partition coefficient (Wildman–Crippen LogP) is -1.31. The second-order valence-corrected chi connectivity index (χ2v) is 11.0. The van der Waals surface area contributed by atoms with Gasteiger partial charge in [-0.2, -0.15) is 8.42 Å². The number of nitrogens with two attached hydrogens (primary N) is 2. The maximum absolute atomic E-state index is 13.1. The lowest BCUT2D eigenvalue weighted by atomic mass is 9.89. The Balaban J connectivity index is 1.86. The number of aliphatic carboxylic acids is 1. The van der Waals surface area contributed by atoms with Crippen LogP contribution in [-0.2, 0) is 34.4 Å². The summed E-state index contributed by atoms with van der Waals surface area (Å²) in [6, 6.07) is -2.66. The van der Waals surface area contributed by atoms with Crippen molar-refractivity contribution in [1.82, 2.24) is 14.6 Å². The molecule has 1 aromatic heterocycles. The molecule has 36 heavy (non-hydrogen) atoms. The first-order valence-corrected chi connectivity index (χ1v) is 12.6. The highest BCUT2D eigenvalue weighted by molar-refractivity contribution is 7.84. The molecule has 18 heteroatoms. The molecule has 198 valence electrons. The van der Waals surface area contributed by atoms with Crippen LogP contribution in [-0.4, -0.2) is 86.4 Å². The molecule has 3 heterocycles. The van der Waals surface area contributed by atoms with Crippen molar-refractivity contribution in [3.05, 3.63) is 11.1 Å². The normalized spacial score (nSPS) is 24.6. The third-order valence-electron chi connectivity index (χ3n) is 5.41. The number of β-lactam (4-membered cyclic amide) rings is 1. The summed E-state index contributed by atoms with van der Waals surface area (Å²) in [5, 5.41) is 20.5. The quantitative estimate of drug-likeness (QED) is 0.0991. The molecule has 2 aliphatic heterocycles. The van der Waals surface area contributed by atoms with Gasteiger partial charge in [-0.25, -0.2) is 14.1 Å². The van der Waals surface area contributed by atoms with Crippen LogP contribution in [0.5, 0.6) is 0 Å². The van der Waals surface area contributed by atoms with Crippen LogP contribution in [0.4, 0.5) is 5.13 Å². The fourth-order valence-electron chi connectivity index (χ4n) is 3.30. The lowest BCUT2D eigenvalue weighted by molar-refractivity contribution is -0.161.